The van der Waals surface area contributed by atoms with E-state index in [0.29, 0.717) is 0 Å². The molecule has 0 fully saturated rings. The standard InChI is InChI=1S/C6H5NO/c1-4-6(8)7(3)5-2/h1-2H,3H3. The van der Waals surface area contributed by atoms with Crippen molar-refractivity contribution in [2.45, 2.75) is 0 Å². The summed E-state index contributed by atoms with van der Waals surface area (Å²) in [6.07, 6.45) is 9.52. The van der Waals surface area contributed by atoms with Crippen molar-refractivity contribution in [2.24, 2.45) is 0 Å². The fraction of sp³-hybridized carbons (Fsp3) is 0.167. The molecule has 0 aliphatic carbocycles. The van der Waals surface area contributed by atoms with Crippen LogP contribution in [0.1, 0.15) is 0 Å². The molecule has 8 heavy (non-hydrogen) atoms. The maximum atomic E-state index is 10.3. The van der Waals surface area contributed by atoms with Crippen LogP contribution in [0.25, 0.3) is 0 Å². The van der Waals surface area contributed by atoms with Gasteiger partial charge in [-0.15, -0.1) is 6.42 Å². The molecule has 0 aliphatic heterocycles. The van der Waals surface area contributed by atoms with Crippen LogP contribution in [0, 0.1) is 24.8 Å². The van der Waals surface area contributed by atoms with Crippen LogP contribution in [0.5, 0.6) is 0 Å². The molecule has 2 nitrogen and oxygen atoms in total. The summed E-state index contributed by atoms with van der Waals surface area (Å²) in [6.45, 7) is 0. The largest absolute Gasteiger partial charge is 0.309 e. The number of amides is 1. The molecule has 0 aromatic carbocycles. The van der Waals surface area contributed by atoms with Gasteiger partial charge in [0.2, 0.25) is 0 Å². The highest BCUT2D eigenvalue weighted by Crippen LogP contribution is 1.75. The molecule has 40 valence electrons. The topological polar surface area (TPSA) is 20.3 Å². The lowest BCUT2D eigenvalue weighted by molar-refractivity contribution is -0.121. The van der Waals surface area contributed by atoms with Gasteiger partial charge >= 0.3 is 5.91 Å². The van der Waals surface area contributed by atoms with Crippen LogP contribution in [-0.2, 0) is 4.79 Å². The first-order valence-electron chi connectivity index (χ1n) is 1.93. The molecule has 0 atom stereocenters. The van der Waals surface area contributed by atoms with Crippen LogP contribution in [0.15, 0.2) is 0 Å². The fourth-order valence-corrected chi connectivity index (χ4v) is 0.155. The van der Waals surface area contributed by atoms with Crippen molar-refractivity contribution in [1.82, 2.24) is 4.90 Å². The molecule has 0 unspecified atom stereocenters. The molecule has 1 amide bonds. The van der Waals surface area contributed by atoms with Crippen molar-refractivity contribution < 1.29 is 4.79 Å². The summed E-state index contributed by atoms with van der Waals surface area (Å²) < 4.78 is 0. The van der Waals surface area contributed by atoms with E-state index in [2.05, 4.69) is 6.04 Å². The molecule has 2 heteroatoms. The fourth-order valence-electron chi connectivity index (χ4n) is 0.155. The van der Waals surface area contributed by atoms with Crippen molar-refractivity contribution in [2.75, 3.05) is 7.05 Å². The van der Waals surface area contributed by atoms with Crippen LogP contribution in [-0.4, -0.2) is 17.9 Å². The molecule has 0 spiro atoms. The molecule has 0 radical (unpaired) electrons. The molecule has 0 N–H and O–H groups in total. The molecule has 0 saturated carbocycles. The maximum Gasteiger partial charge on any atom is 0.309 e. The summed E-state index contributed by atoms with van der Waals surface area (Å²) in [7, 11) is 1.43. The second-order valence-electron chi connectivity index (χ2n) is 1.14. The predicted molar refractivity (Wildman–Crippen MR) is 30.4 cm³/mol. The van der Waals surface area contributed by atoms with Gasteiger partial charge in [-0.1, -0.05) is 6.42 Å². The van der Waals surface area contributed by atoms with Gasteiger partial charge in [-0.05, 0) is 5.92 Å². The third-order valence-electron chi connectivity index (χ3n) is 0.622. The number of hydrogen-bond acceptors (Lipinski definition) is 1. The van der Waals surface area contributed by atoms with Gasteiger partial charge in [0.15, 0.2) is 0 Å². The van der Waals surface area contributed by atoms with Gasteiger partial charge in [0, 0.05) is 13.1 Å². The minimum absolute atomic E-state index is 0.493. The van der Waals surface area contributed by atoms with E-state index < -0.39 is 5.91 Å². The molecule has 0 bridgehead atoms. The summed E-state index contributed by atoms with van der Waals surface area (Å²) in [4.78, 5) is 11.3. The van der Waals surface area contributed by atoms with E-state index >= 15 is 0 Å². The van der Waals surface area contributed by atoms with E-state index in [-0.39, 0.29) is 0 Å². The molecule has 0 aromatic heterocycles. The zero-order valence-electron chi connectivity index (χ0n) is 4.51. The third kappa shape index (κ3) is 1.36. The summed E-state index contributed by atoms with van der Waals surface area (Å²) in [5.74, 6) is 1.37. The number of hydrogen-bond donors (Lipinski definition) is 0. The highest BCUT2D eigenvalue weighted by molar-refractivity contribution is 5.93. The maximum absolute atomic E-state index is 10.3. The Balaban J connectivity index is 3.93. The number of terminal acetylenes is 2. The molecule has 0 saturated heterocycles. The smallest absolute Gasteiger partial charge is 0.264 e. The first-order chi connectivity index (χ1) is 3.72. The second-order valence-corrected chi connectivity index (χ2v) is 1.14. The van der Waals surface area contributed by atoms with Gasteiger partial charge in [-0.25, -0.2) is 0 Å². The zero-order valence-corrected chi connectivity index (χ0v) is 4.51. The van der Waals surface area contributed by atoms with Crippen molar-refractivity contribution in [3.63, 3.8) is 0 Å². The number of carbonyl (C=O) groups excluding carboxylic acids is 1. The molecule has 0 rings (SSSR count). The van der Waals surface area contributed by atoms with Crippen LogP contribution in [0.3, 0.4) is 0 Å². The van der Waals surface area contributed by atoms with Crippen molar-refractivity contribution >= 4 is 5.91 Å². The second kappa shape index (κ2) is 2.71. The van der Waals surface area contributed by atoms with E-state index in [0.717, 1.165) is 4.90 Å². The Kier molecular flexibility index (Phi) is 2.23. The lowest BCUT2D eigenvalue weighted by atomic mass is 10.6. The van der Waals surface area contributed by atoms with Gasteiger partial charge in [-0.2, -0.15) is 0 Å². The van der Waals surface area contributed by atoms with Crippen LogP contribution in [0.2, 0.25) is 0 Å². The van der Waals surface area contributed by atoms with Gasteiger partial charge < -0.3 is 0 Å². The quantitative estimate of drug-likeness (QED) is 0.306. The SMILES string of the molecule is C#CC(=O)N(C)C#C. The van der Waals surface area contributed by atoms with Crippen molar-refractivity contribution in [3.05, 3.63) is 0 Å². The summed E-state index contributed by atoms with van der Waals surface area (Å²) in [6, 6.07) is 2.06. The minimum atomic E-state index is -0.493. The lowest BCUT2D eigenvalue weighted by Gasteiger charge is -1.99. The van der Waals surface area contributed by atoms with Gasteiger partial charge in [0.25, 0.3) is 0 Å². The van der Waals surface area contributed by atoms with Crippen LogP contribution < -0.4 is 0 Å². The lowest BCUT2D eigenvalue weighted by Crippen LogP contribution is -2.18. The van der Waals surface area contributed by atoms with E-state index in [4.69, 9.17) is 12.8 Å². The normalized spacial score (nSPS) is 6.38. The van der Waals surface area contributed by atoms with E-state index in [1.165, 1.54) is 7.05 Å². The first kappa shape index (κ1) is 6.59. The van der Waals surface area contributed by atoms with Gasteiger partial charge in [0.05, 0.1) is 0 Å². The summed E-state index contributed by atoms with van der Waals surface area (Å²) in [5, 5.41) is 0. The summed E-state index contributed by atoms with van der Waals surface area (Å²) in [5.41, 5.74) is 0. The monoisotopic (exact) mass is 107 g/mol. The molecular formula is C6H5NO. The number of rotatable bonds is 0. The van der Waals surface area contributed by atoms with Crippen molar-refractivity contribution in [1.29, 1.82) is 0 Å². The Labute approximate surface area is 48.5 Å². The van der Waals surface area contributed by atoms with E-state index in [1.54, 1.807) is 0 Å². The Morgan fingerprint density at radius 2 is 2.12 bits per heavy atom. The van der Waals surface area contributed by atoms with E-state index in [1.807, 2.05) is 5.92 Å². The van der Waals surface area contributed by atoms with Crippen LogP contribution >= 0.6 is 0 Å². The first-order valence-corrected chi connectivity index (χ1v) is 1.93. The highest BCUT2D eigenvalue weighted by Gasteiger charge is 1.96. The van der Waals surface area contributed by atoms with Crippen molar-refractivity contribution in [3.8, 4) is 24.8 Å². The summed E-state index contributed by atoms with van der Waals surface area (Å²) >= 11 is 0. The zero-order chi connectivity index (χ0) is 6.57. The minimum Gasteiger partial charge on any atom is -0.264 e. The Morgan fingerprint density at radius 3 is 2.25 bits per heavy atom. The molecular weight excluding hydrogens is 102 g/mol. The average Bonchev–Trinajstić information content (AvgIpc) is 1.84. The predicted octanol–water partition coefficient (Wildman–Crippen LogP) is -0.331. The Hall–Kier alpha value is -1.41. The van der Waals surface area contributed by atoms with Gasteiger partial charge in [-0.3, -0.25) is 9.69 Å². The van der Waals surface area contributed by atoms with Gasteiger partial charge in [0.1, 0.15) is 0 Å². The van der Waals surface area contributed by atoms with Crippen LogP contribution in [0.4, 0.5) is 0 Å². The Morgan fingerprint density at radius 1 is 1.62 bits per heavy atom. The Bertz CT molecular complexity index is 170. The highest BCUT2D eigenvalue weighted by atomic mass is 16.2. The average molecular weight is 107 g/mol. The molecule has 0 aromatic rings. The molecule has 0 heterocycles. The number of carbonyl (C=O) groups is 1. The third-order valence-corrected chi connectivity index (χ3v) is 0.622. The molecule has 0 aliphatic rings. The van der Waals surface area contributed by atoms with E-state index in [9.17, 15) is 4.79 Å². The number of nitrogens with zero attached hydrogens (tertiary/aromatic N) is 1.